The van der Waals surface area contributed by atoms with E-state index < -0.39 is 6.04 Å². The van der Waals surface area contributed by atoms with Crippen LogP contribution < -0.4 is 11.1 Å². The largest absolute Gasteiger partial charge is 0.466 e. The van der Waals surface area contributed by atoms with Crippen molar-refractivity contribution in [3.8, 4) is 0 Å². The van der Waals surface area contributed by atoms with Gasteiger partial charge in [-0.3, -0.25) is 9.59 Å². The van der Waals surface area contributed by atoms with Gasteiger partial charge in [-0.05, 0) is 34.4 Å². The van der Waals surface area contributed by atoms with E-state index in [0.29, 0.717) is 6.61 Å². The maximum Gasteiger partial charge on any atom is 0.308 e. The molecule has 0 aliphatic rings. The zero-order valence-corrected chi connectivity index (χ0v) is 17.2. The fourth-order valence-electron chi connectivity index (χ4n) is 2.61. The van der Waals surface area contributed by atoms with Crippen LogP contribution in [0.2, 0.25) is 0 Å². The minimum Gasteiger partial charge on any atom is -0.466 e. The van der Waals surface area contributed by atoms with E-state index in [1.54, 1.807) is 6.92 Å². The highest BCUT2D eigenvalue weighted by Crippen LogP contribution is 2.33. The fraction of sp³-hybridized carbons (Fsp3) is 0.619. The van der Waals surface area contributed by atoms with Crippen LogP contribution in [0.3, 0.4) is 0 Å². The van der Waals surface area contributed by atoms with Crippen LogP contribution >= 0.6 is 0 Å². The molecule has 0 unspecified atom stereocenters. The lowest BCUT2D eigenvalue weighted by atomic mass is 9.78. The zero-order chi connectivity index (χ0) is 20.1. The molecular formula is C21H34N2O3. The minimum absolute atomic E-state index is 0.0532. The normalized spacial score (nSPS) is 13.2. The van der Waals surface area contributed by atoms with Gasteiger partial charge in [-0.25, -0.2) is 0 Å². The van der Waals surface area contributed by atoms with Gasteiger partial charge in [0.05, 0.1) is 25.6 Å². The Morgan fingerprint density at radius 3 is 1.92 bits per heavy atom. The average Bonchev–Trinajstić information content (AvgIpc) is 2.52. The molecule has 1 rings (SSSR count). The third-order valence-corrected chi connectivity index (χ3v) is 4.29. The molecular weight excluding hydrogens is 328 g/mol. The molecule has 0 saturated carbocycles. The molecule has 1 aromatic carbocycles. The summed E-state index contributed by atoms with van der Waals surface area (Å²) in [5.41, 5.74) is 8.58. The van der Waals surface area contributed by atoms with Gasteiger partial charge in [0.1, 0.15) is 0 Å². The molecule has 1 aromatic rings. The lowest BCUT2D eigenvalue weighted by Gasteiger charge is -2.28. The molecule has 0 saturated heterocycles. The first kappa shape index (κ1) is 22.2. The Bertz CT molecular complexity index is 607. The van der Waals surface area contributed by atoms with Gasteiger partial charge in [0.2, 0.25) is 5.91 Å². The molecule has 3 N–H and O–H groups in total. The van der Waals surface area contributed by atoms with Crippen LogP contribution in [0, 0.1) is 0 Å². The topological polar surface area (TPSA) is 81.4 Å². The number of nitrogens with one attached hydrogen (secondary N) is 1. The monoisotopic (exact) mass is 362 g/mol. The molecule has 0 aliphatic carbocycles. The highest BCUT2D eigenvalue weighted by molar-refractivity contribution is 5.79. The van der Waals surface area contributed by atoms with Crippen molar-refractivity contribution in [2.24, 2.45) is 5.73 Å². The van der Waals surface area contributed by atoms with Crippen molar-refractivity contribution < 1.29 is 14.3 Å². The molecule has 0 radical (unpaired) electrons. The summed E-state index contributed by atoms with van der Waals surface area (Å²) in [5.74, 6) is -0.633. The van der Waals surface area contributed by atoms with Crippen molar-refractivity contribution >= 4 is 11.9 Å². The van der Waals surface area contributed by atoms with Gasteiger partial charge in [0.25, 0.3) is 0 Å². The Morgan fingerprint density at radius 2 is 1.54 bits per heavy atom. The quantitative estimate of drug-likeness (QED) is 0.761. The molecule has 1 amide bonds. The van der Waals surface area contributed by atoms with Crippen LogP contribution in [0.15, 0.2) is 18.2 Å². The van der Waals surface area contributed by atoms with Crippen LogP contribution in [0.5, 0.6) is 0 Å². The Kier molecular flexibility index (Phi) is 7.39. The summed E-state index contributed by atoms with van der Waals surface area (Å²) < 4.78 is 5.08. The van der Waals surface area contributed by atoms with Gasteiger partial charge in [-0.2, -0.15) is 0 Å². The third-order valence-electron chi connectivity index (χ3n) is 4.29. The summed E-state index contributed by atoms with van der Waals surface area (Å²) in [6.45, 7) is 14.9. The first-order valence-corrected chi connectivity index (χ1v) is 9.19. The Morgan fingerprint density at radius 1 is 1.04 bits per heavy atom. The summed E-state index contributed by atoms with van der Waals surface area (Å²) >= 11 is 0. The van der Waals surface area contributed by atoms with Gasteiger partial charge < -0.3 is 15.8 Å². The first-order chi connectivity index (χ1) is 11.9. The summed E-state index contributed by atoms with van der Waals surface area (Å²) in [6.07, 6.45) is 0.0801. The molecule has 0 heterocycles. The van der Waals surface area contributed by atoms with Crippen molar-refractivity contribution in [2.75, 3.05) is 13.2 Å². The Labute approximate surface area is 157 Å². The van der Waals surface area contributed by atoms with E-state index in [1.807, 2.05) is 0 Å². The van der Waals surface area contributed by atoms with Crippen LogP contribution in [0.4, 0.5) is 0 Å². The maximum atomic E-state index is 12.1. The Hall–Kier alpha value is -1.88. The Balaban J connectivity index is 3.41. The first-order valence-electron chi connectivity index (χ1n) is 9.19. The van der Waals surface area contributed by atoms with E-state index in [1.165, 1.54) is 0 Å². The van der Waals surface area contributed by atoms with Crippen molar-refractivity contribution in [1.29, 1.82) is 0 Å². The molecule has 146 valence electrons. The van der Waals surface area contributed by atoms with E-state index in [2.05, 4.69) is 65.1 Å². The molecule has 1 atom stereocenters. The van der Waals surface area contributed by atoms with Crippen molar-refractivity contribution in [1.82, 2.24) is 5.32 Å². The van der Waals surface area contributed by atoms with Gasteiger partial charge in [0, 0.05) is 0 Å². The molecule has 0 spiro atoms. The standard InChI is InChI=1S/C21H34N2O3/c1-8-26-19(25)12-17(23-18(24)13-22)14-9-15(20(2,3)4)11-16(10-14)21(5,6)7/h9-11,17H,8,12-13,22H2,1-7H3,(H,23,24)/t17-/m0/s1. The van der Waals surface area contributed by atoms with Crippen LogP contribution in [0.1, 0.15) is 77.6 Å². The van der Waals surface area contributed by atoms with E-state index >= 15 is 0 Å². The highest BCUT2D eigenvalue weighted by Gasteiger charge is 2.25. The van der Waals surface area contributed by atoms with Crippen molar-refractivity contribution in [2.45, 2.75) is 71.8 Å². The van der Waals surface area contributed by atoms with Gasteiger partial charge in [-0.1, -0.05) is 59.7 Å². The second kappa shape index (κ2) is 8.67. The highest BCUT2D eigenvalue weighted by atomic mass is 16.5. The molecule has 0 bridgehead atoms. The fourth-order valence-corrected chi connectivity index (χ4v) is 2.61. The minimum atomic E-state index is -0.464. The lowest BCUT2D eigenvalue weighted by Crippen LogP contribution is -2.35. The molecule has 0 aromatic heterocycles. The SMILES string of the molecule is CCOC(=O)C[C@H](NC(=O)CN)c1cc(C(C)(C)C)cc(C(C)(C)C)c1. The second-order valence-electron chi connectivity index (χ2n) is 8.68. The summed E-state index contributed by atoms with van der Waals surface area (Å²) in [6, 6.07) is 5.87. The van der Waals surface area contributed by atoms with Gasteiger partial charge >= 0.3 is 5.97 Å². The lowest BCUT2D eigenvalue weighted by molar-refractivity contribution is -0.143. The number of hydrogen-bond acceptors (Lipinski definition) is 4. The number of esters is 1. The predicted molar refractivity (Wildman–Crippen MR) is 105 cm³/mol. The second-order valence-corrected chi connectivity index (χ2v) is 8.68. The van der Waals surface area contributed by atoms with Crippen LogP contribution in [0.25, 0.3) is 0 Å². The maximum absolute atomic E-state index is 12.1. The average molecular weight is 363 g/mol. The summed E-state index contributed by atoms with van der Waals surface area (Å²) in [7, 11) is 0. The van der Waals surface area contributed by atoms with Crippen molar-refractivity contribution in [3.05, 3.63) is 34.9 Å². The van der Waals surface area contributed by atoms with Gasteiger partial charge in [0.15, 0.2) is 0 Å². The number of hydrogen-bond donors (Lipinski definition) is 2. The summed E-state index contributed by atoms with van der Waals surface area (Å²) in [5, 5.41) is 2.86. The number of benzene rings is 1. The van der Waals surface area contributed by atoms with Crippen LogP contribution in [-0.2, 0) is 25.2 Å². The van der Waals surface area contributed by atoms with Crippen LogP contribution in [-0.4, -0.2) is 25.0 Å². The number of carbonyl (C=O) groups excluding carboxylic acids is 2. The van der Waals surface area contributed by atoms with E-state index in [9.17, 15) is 9.59 Å². The number of carbonyl (C=O) groups is 2. The smallest absolute Gasteiger partial charge is 0.308 e. The van der Waals surface area contributed by atoms with Crippen molar-refractivity contribution in [3.63, 3.8) is 0 Å². The molecule has 5 heteroatoms. The number of nitrogens with two attached hydrogens (primary N) is 1. The number of amides is 1. The molecule has 0 fully saturated rings. The van der Waals surface area contributed by atoms with Gasteiger partial charge in [-0.15, -0.1) is 0 Å². The molecule has 5 nitrogen and oxygen atoms in total. The zero-order valence-electron chi connectivity index (χ0n) is 17.2. The van der Waals surface area contributed by atoms with E-state index in [-0.39, 0.29) is 35.7 Å². The molecule has 0 aliphatic heterocycles. The molecule has 26 heavy (non-hydrogen) atoms. The number of ether oxygens (including phenoxy) is 1. The predicted octanol–water partition coefficient (Wildman–Crippen LogP) is 3.35. The number of rotatable bonds is 6. The van der Waals surface area contributed by atoms with E-state index in [4.69, 9.17) is 10.5 Å². The summed E-state index contributed by atoms with van der Waals surface area (Å²) in [4.78, 5) is 24.0. The van der Waals surface area contributed by atoms with E-state index in [0.717, 1.165) is 16.7 Å². The third kappa shape index (κ3) is 6.45.